The number of nitrogens with one attached hydrogen (secondary N) is 1. The summed E-state index contributed by atoms with van der Waals surface area (Å²) in [7, 11) is 0. The molecule has 1 amide bonds. The SMILES string of the molecule is CCC(C)(O)CNC(=O)c1cc(Br)cn1C(C)C. The second kappa shape index (κ2) is 5.89. The smallest absolute Gasteiger partial charge is 0.268 e. The average Bonchev–Trinajstić information content (AvgIpc) is 2.68. The van der Waals surface area contributed by atoms with Crippen LogP contribution in [-0.2, 0) is 0 Å². The number of aromatic nitrogens is 1. The minimum Gasteiger partial charge on any atom is -0.388 e. The molecule has 0 spiro atoms. The highest BCUT2D eigenvalue weighted by Gasteiger charge is 2.21. The van der Waals surface area contributed by atoms with Crippen LogP contribution >= 0.6 is 15.9 Å². The first-order valence-electron chi connectivity index (χ1n) is 6.15. The minimum atomic E-state index is -0.859. The lowest BCUT2D eigenvalue weighted by atomic mass is 10.0. The van der Waals surface area contributed by atoms with Crippen molar-refractivity contribution in [2.75, 3.05) is 6.54 Å². The van der Waals surface area contributed by atoms with E-state index in [2.05, 4.69) is 21.2 Å². The summed E-state index contributed by atoms with van der Waals surface area (Å²) in [6.07, 6.45) is 2.49. The standard InChI is InChI=1S/C13H21BrN2O2/c1-5-13(4,18)8-15-12(17)11-6-10(14)7-16(11)9(2)3/h6-7,9,18H,5,8H2,1-4H3,(H,15,17). The molecule has 0 aromatic carbocycles. The summed E-state index contributed by atoms with van der Waals surface area (Å²) in [6.45, 7) is 7.89. The Morgan fingerprint density at radius 3 is 2.72 bits per heavy atom. The number of hydrogen-bond donors (Lipinski definition) is 2. The van der Waals surface area contributed by atoms with Crippen molar-refractivity contribution in [1.82, 2.24) is 9.88 Å². The van der Waals surface area contributed by atoms with Crippen LogP contribution in [0.2, 0.25) is 0 Å². The summed E-state index contributed by atoms with van der Waals surface area (Å²) >= 11 is 3.37. The summed E-state index contributed by atoms with van der Waals surface area (Å²) < 4.78 is 2.78. The van der Waals surface area contributed by atoms with Crippen LogP contribution in [0.1, 0.15) is 50.6 Å². The molecule has 1 rings (SSSR count). The van der Waals surface area contributed by atoms with Gasteiger partial charge in [0.05, 0.1) is 5.60 Å². The van der Waals surface area contributed by atoms with Crippen molar-refractivity contribution in [1.29, 1.82) is 0 Å². The molecular weight excluding hydrogens is 296 g/mol. The number of carbonyl (C=O) groups is 1. The van der Waals surface area contributed by atoms with Crippen LogP contribution in [0.25, 0.3) is 0 Å². The Balaban J connectivity index is 2.79. The minimum absolute atomic E-state index is 0.164. The molecule has 102 valence electrons. The molecular formula is C13H21BrN2O2. The second-order valence-corrected chi connectivity index (χ2v) is 5.99. The Hall–Kier alpha value is -0.810. The fourth-order valence-corrected chi connectivity index (χ4v) is 1.98. The van der Waals surface area contributed by atoms with Crippen LogP contribution in [0.15, 0.2) is 16.7 Å². The molecule has 2 N–H and O–H groups in total. The van der Waals surface area contributed by atoms with Gasteiger partial charge < -0.3 is 15.0 Å². The van der Waals surface area contributed by atoms with E-state index in [1.807, 2.05) is 31.5 Å². The number of amides is 1. The molecule has 1 heterocycles. The van der Waals surface area contributed by atoms with Crippen LogP contribution in [0, 0.1) is 0 Å². The zero-order valence-electron chi connectivity index (χ0n) is 11.3. The van der Waals surface area contributed by atoms with Crippen LogP contribution in [0.4, 0.5) is 0 Å². The van der Waals surface area contributed by atoms with Gasteiger partial charge in [0, 0.05) is 23.3 Å². The van der Waals surface area contributed by atoms with Crippen molar-refractivity contribution < 1.29 is 9.90 Å². The van der Waals surface area contributed by atoms with Crippen molar-refractivity contribution in [3.8, 4) is 0 Å². The lowest BCUT2D eigenvalue weighted by Gasteiger charge is -2.22. The molecule has 5 heteroatoms. The van der Waals surface area contributed by atoms with Gasteiger partial charge in [-0.15, -0.1) is 0 Å². The van der Waals surface area contributed by atoms with E-state index < -0.39 is 5.60 Å². The van der Waals surface area contributed by atoms with Crippen LogP contribution in [0.5, 0.6) is 0 Å². The largest absolute Gasteiger partial charge is 0.388 e. The quantitative estimate of drug-likeness (QED) is 0.877. The van der Waals surface area contributed by atoms with E-state index in [-0.39, 0.29) is 18.5 Å². The summed E-state index contributed by atoms with van der Waals surface area (Å²) in [5.74, 6) is -0.164. The second-order valence-electron chi connectivity index (χ2n) is 5.08. The van der Waals surface area contributed by atoms with Crippen molar-refractivity contribution >= 4 is 21.8 Å². The summed E-state index contributed by atoms with van der Waals surface area (Å²) in [5.41, 5.74) is -0.258. The molecule has 1 aromatic heterocycles. The van der Waals surface area contributed by atoms with E-state index >= 15 is 0 Å². The van der Waals surface area contributed by atoms with Gasteiger partial charge in [-0.2, -0.15) is 0 Å². The highest BCUT2D eigenvalue weighted by Crippen LogP contribution is 2.19. The topological polar surface area (TPSA) is 54.3 Å². The van der Waals surface area contributed by atoms with Gasteiger partial charge in [-0.05, 0) is 49.2 Å². The number of hydrogen-bond acceptors (Lipinski definition) is 2. The predicted octanol–water partition coefficient (Wildman–Crippen LogP) is 2.72. The number of nitrogens with zero attached hydrogens (tertiary/aromatic N) is 1. The Kier molecular flexibility index (Phi) is 4.99. The summed E-state index contributed by atoms with van der Waals surface area (Å²) in [4.78, 5) is 12.1. The number of aliphatic hydroxyl groups is 1. The maximum atomic E-state index is 12.1. The normalized spacial score (nSPS) is 14.6. The maximum Gasteiger partial charge on any atom is 0.268 e. The van der Waals surface area contributed by atoms with E-state index in [1.54, 1.807) is 13.0 Å². The Labute approximate surface area is 117 Å². The maximum absolute atomic E-state index is 12.1. The fraction of sp³-hybridized carbons (Fsp3) is 0.615. The van der Waals surface area contributed by atoms with E-state index in [1.165, 1.54) is 0 Å². The highest BCUT2D eigenvalue weighted by atomic mass is 79.9. The summed E-state index contributed by atoms with van der Waals surface area (Å²) in [6, 6.07) is 2.00. The molecule has 0 bridgehead atoms. The molecule has 0 saturated heterocycles. The number of halogens is 1. The van der Waals surface area contributed by atoms with Crippen LogP contribution < -0.4 is 5.32 Å². The molecule has 0 saturated carbocycles. The van der Waals surface area contributed by atoms with E-state index in [0.29, 0.717) is 12.1 Å². The first kappa shape index (κ1) is 15.2. The average molecular weight is 317 g/mol. The molecule has 4 nitrogen and oxygen atoms in total. The number of carbonyl (C=O) groups excluding carboxylic acids is 1. The highest BCUT2D eigenvalue weighted by molar-refractivity contribution is 9.10. The van der Waals surface area contributed by atoms with Crippen molar-refractivity contribution in [2.45, 2.75) is 45.8 Å². The molecule has 1 aromatic rings. The molecule has 0 aliphatic carbocycles. The predicted molar refractivity (Wildman–Crippen MR) is 75.8 cm³/mol. The Morgan fingerprint density at radius 1 is 1.61 bits per heavy atom. The Morgan fingerprint density at radius 2 is 2.22 bits per heavy atom. The van der Waals surface area contributed by atoms with Gasteiger partial charge in [0.15, 0.2) is 0 Å². The third-order valence-electron chi connectivity index (χ3n) is 3.00. The zero-order chi connectivity index (χ0) is 13.9. The van der Waals surface area contributed by atoms with Gasteiger partial charge in [-0.3, -0.25) is 4.79 Å². The first-order valence-corrected chi connectivity index (χ1v) is 6.94. The van der Waals surface area contributed by atoms with Crippen molar-refractivity contribution in [3.05, 3.63) is 22.4 Å². The molecule has 0 aliphatic rings. The molecule has 18 heavy (non-hydrogen) atoms. The van der Waals surface area contributed by atoms with Crippen molar-refractivity contribution in [3.63, 3.8) is 0 Å². The molecule has 1 unspecified atom stereocenters. The van der Waals surface area contributed by atoms with Crippen molar-refractivity contribution in [2.24, 2.45) is 0 Å². The Bertz CT molecular complexity index is 425. The van der Waals surface area contributed by atoms with Gasteiger partial charge in [-0.25, -0.2) is 0 Å². The van der Waals surface area contributed by atoms with E-state index in [0.717, 1.165) is 4.47 Å². The first-order chi connectivity index (χ1) is 8.26. The number of rotatable bonds is 5. The molecule has 0 aliphatic heterocycles. The van der Waals surface area contributed by atoms with Gasteiger partial charge >= 0.3 is 0 Å². The van der Waals surface area contributed by atoms with Gasteiger partial charge in [-0.1, -0.05) is 6.92 Å². The molecule has 1 atom stereocenters. The lowest BCUT2D eigenvalue weighted by Crippen LogP contribution is -2.40. The monoisotopic (exact) mass is 316 g/mol. The molecule has 0 radical (unpaired) electrons. The third-order valence-corrected chi connectivity index (χ3v) is 3.43. The van der Waals surface area contributed by atoms with Gasteiger partial charge in [0.1, 0.15) is 5.69 Å². The van der Waals surface area contributed by atoms with Gasteiger partial charge in [0.25, 0.3) is 5.91 Å². The van der Waals surface area contributed by atoms with Crippen LogP contribution in [0.3, 0.4) is 0 Å². The van der Waals surface area contributed by atoms with E-state index in [4.69, 9.17) is 0 Å². The molecule has 0 fully saturated rings. The summed E-state index contributed by atoms with van der Waals surface area (Å²) in [5, 5.41) is 12.6. The third kappa shape index (κ3) is 3.85. The lowest BCUT2D eigenvalue weighted by molar-refractivity contribution is 0.0515. The van der Waals surface area contributed by atoms with E-state index in [9.17, 15) is 9.90 Å². The van der Waals surface area contributed by atoms with Crippen LogP contribution in [-0.4, -0.2) is 27.7 Å². The van der Waals surface area contributed by atoms with Gasteiger partial charge in [0.2, 0.25) is 0 Å². The zero-order valence-corrected chi connectivity index (χ0v) is 12.9. The fourth-order valence-electron chi connectivity index (χ4n) is 1.54.